The molecule has 1 aromatic carbocycles. The summed E-state index contributed by atoms with van der Waals surface area (Å²) in [6, 6.07) is 14.0. The fourth-order valence-corrected chi connectivity index (χ4v) is 3.55. The smallest absolute Gasteiger partial charge is 0.253 e. The van der Waals surface area contributed by atoms with Crippen molar-refractivity contribution in [3.05, 3.63) is 89.6 Å². The molecule has 4 rings (SSSR count). The van der Waals surface area contributed by atoms with Gasteiger partial charge in [0.2, 0.25) is 0 Å². The molecule has 0 aliphatic carbocycles. The number of hydrogen-bond acceptors (Lipinski definition) is 6. The molecule has 1 atom stereocenters. The topological polar surface area (TPSA) is 79.4 Å². The van der Waals surface area contributed by atoms with E-state index < -0.39 is 0 Å². The molecule has 3 aromatic rings. The lowest BCUT2D eigenvalue weighted by molar-refractivity contribution is 0.0184. The summed E-state index contributed by atoms with van der Waals surface area (Å²) in [6.45, 7) is 3.04. The fourth-order valence-electron chi connectivity index (χ4n) is 3.55. The third-order valence-electron chi connectivity index (χ3n) is 5.25. The number of amides is 1. The molecule has 0 bridgehead atoms. The first-order chi connectivity index (χ1) is 15.7. The number of anilines is 1. The highest BCUT2D eigenvalue weighted by molar-refractivity contribution is 5.94. The molecule has 1 aliphatic rings. The van der Waals surface area contributed by atoms with Crippen LogP contribution in [0.4, 0.5) is 10.2 Å². The Bertz CT molecular complexity index is 1020. The quantitative estimate of drug-likeness (QED) is 0.566. The summed E-state index contributed by atoms with van der Waals surface area (Å²) in [5, 5.41) is 6.24. The first-order valence-electron chi connectivity index (χ1n) is 10.6. The van der Waals surface area contributed by atoms with Crippen LogP contribution in [0.15, 0.2) is 67.1 Å². The van der Waals surface area contributed by atoms with Crippen LogP contribution in [0, 0.1) is 5.82 Å². The van der Waals surface area contributed by atoms with Crippen LogP contribution in [0.3, 0.4) is 0 Å². The van der Waals surface area contributed by atoms with E-state index in [2.05, 4.69) is 25.5 Å². The monoisotopic (exact) mass is 435 g/mol. The highest BCUT2D eigenvalue weighted by Gasteiger charge is 2.21. The van der Waals surface area contributed by atoms with Crippen LogP contribution >= 0.6 is 0 Å². The standard InChI is InChI=1S/C24H26FN5O2/c25-21-5-1-3-18(13-21)8-10-27-23-17-30(11-12-32-23)22-7-6-20(16-28-22)24(31)29-15-19-4-2-9-26-14-19/h1-7,9,13-14,16,23,27H,8,10-12,15,17H2,(H,29,31). The Hall–Kier alpha value is -3.36. The van der Waals surface area contributed by atoms with Crippen LogP contribution in [0.5, 0.6) is 0 Å². The SMILES string of the molecule is O=C(NCc1cccnc1)c1ccc(N2CCOC(NCCc3cccc(F)c3)C2)nc1. The Kier molecular flexibility index (Phi) is 7.37. The summed E-state index contributed by atoms with van der Waals surface area (Å²) in [5.74, 6) is 0.406. The highest BCUT2D eigenvalue weighted by Crippen LogP contribution is 2.15. The van der Waals surface area contributed by atoms with Gasteiger partial charge in [-0.2, -0.15) is 0 Å². The van der Waals surface area contributed by atoms with Gasteiger partial charge in [-0.15, -0.1) is 0 Å². The van der Waals surface area contributed by atoms with E-state index in [4.69, 9.17) is 4.74 Å². The van der Waals surface area contributed by atoms with Gasteiger partial charge in [0.15, 0.2) is 0 Å². The molecule has 2 aromatic heterocycles. The lowest BCUT2D eigenvalue weighted by Crippen LogP contribution is -2.50. The predicted octanol–water partition coefficient (Wildman–Crippen LogP) is 2.54. The van der Waals surface area contributed by atoms with E-state index in [-0.39, 0.29) is 18.0 Å². The molecule has 1 amide bonds. The number of nitrogens with zero attached hydrogens (tertiary/aromatic N) is 3. The molecule has 0 radical (unpaired) electrons. The molecule has 2 N–H and O–H groups in total. The van der Waals surface area contributed by atoms with Crippen molar-refractivity contribution in [3.8, 4) is 0 Å². The third kappa shape index (κ3) is 6.09. The molecule has 0 spiro atoms. The van der Waals surface area contributed by atoms with Crippen molar-refractivity contribution in [1.29, 1.82) is 0 Å². The van der Waals surface area contributed by atoms with Gasteiger partial charge < -0.3 is 15.0 Å². The number of ether oxygens (including phenoxy) is 1. The van der Waals surface area contributed by atoms with Gasteiger partial charge in [-0.1, -0.05) is 18.2 Å². The number of carbonyl (C=O) groups is 1. The number of aromatic nitrogens is 2. The largest absolute Gasteiger partial charge is 0.360 e. The van der Waals surface area contributed by atoms with E-state index in [0.29, 0.717) is 31.8 Å². The normalized spacial score (nSPS) is 16.0. The van der Waals surface area contributed by atoms with E-state index >= 15 is 0 Å². The molecule has 3 heterocycles. The second kappa shape index (κ2) is 10.8. The number of morpholine rings is 1. The fraction of sp³-hybridized carbons (Fsp3) is 0.292. The van der Waals surface area contributed by atoms with Crippen LogP contribution in [0.25, 0.3) is 0 Å². The van der Waals surface area contributed by atoms with Gasteiger partial charge in [-0.3, -0.25) is 15.1 Å². The molecule has 7 nitrogen and oxygen atoms in total. The molecule has 8 heteroatoms. The van der Waals surface area contributed by atoms with Crippen molar-refractivity contribution in [3.63, 3.8) is 0 Å². The number of pyridine rings is 2. The second-order valence-electron chi connectivity index (χ2n) is 7.59. The van der Waals surface area contributed by atoms with Crippen LogP contribution in [-0.2, 0) is 17.7 Å². The molecule has 0 saturated carbocycles. The zero-order chi connectivity index (χ0) is 22.2. The Balaban J connectivity index is 1.26. The zero-order valence-electron chi connectivity index (χ0n) is 17.7. The summed E-state index contributed by atoms with van der Waals surface area (Å²) >= 11 is 0. The summed E-state index contributed by atoms with van der Waals surface area (Å²) in [7, 11) is 0. The lowest BCUT2D eigenvalue weighted by Gasteiger charge is -2.34. The van der Waals surface area contributed by atoms with Crippen molar-refractivity contribution in [1.82, 2.24) is 20.6 Å². The summed E-state index contributed by atoms with van der Waals surface area (Å²) < 4.78 is 19.1. The Morgan fingerprint density at radius 3 is 2.84 bits per heavy atom. The van der Waals surface area contributed by atoms with E-state index in [1.807, 2.05) is 24.3 Å². The predicted molar refractivity (Wildman–Crippen MR) is 120 cm³/mol. The van der Waals surface area contributed by atoms with E-state index in [1.165, 1.54) is 6.07 Å². The van der Waals surface area contributed by atoms with Crippen molar-refractivity contribution >= 4 is 11.7 Å². The van der Waals surface area contributed by atoms with Gasteiger partial charge in [0, 0.05) is 38.2 Å². The number of benzene rings is 1. The van der Waals surface area contributed by atoms with E-state index in [9.17, 15) is 9.18 Å². The maximum absolute atomic E-state index is 13.3. The summed E-state index contributed by atoms with van der Waals surface area (Å²) in [5.41, 5.74) is 2.40. The number of halogens is 1. The van der Waals surface area contributed by atoms with Gasteiger partial charge in [0.05, 0.1) is 18.7 Å². The van der Waals surface area contributed by atoms with Gasteiger partial charge in [0.25, 0.3) is 5.91 Å². The summed E-state index contributed by atoms with van der Waals surface area (Å²) in [4.78, 5) is 23.0. The molecule has 1 saturated heterocycles. The Labute approximate surface area is 186 Å². The minimum atomic E-state index is -0.220. The van der Waals surface area contributed by atoms with Crippen LogP contribution in [0.1, 0.15) is 21.5 Å². The third-order valence-corrected chi connectivity index (χ3v) is 5.25. The maximum Gasteiger partial charge on any atom is 0.253 e. The van der Waals surface area contributed by atoms with Crippen LogP contribution in [0.2, 0.25) is 0 Å². The number of nitrogens with one attached hydrogen (secondary N) is 2. The average molecular weight is 436 g/mol. The Morgan fingerprint density at radius 1 is 1.16 bits per heavy atom. The zero-order valence-corrected chi connectivity index (χ0v) is 17.7. The minimum Gasteiger partial charge on any atom is -0.360 e. The molecular weight excluding hydrogens is 409 g/mol. The molecule has 1 fully saturated rings. The number of hydrogen-bond donors (Lipinski definition) is 2. The second-order valence-corrected chi connectivity index (χ2v) is 7.59. The van der Waals surface area contributed by atoms with Gasteiger partial charge in [0.1, 0.15) is 17.9 Å². The van der Waals surface area contributed by atoms with Crippen molar-refractivity contribution in [2.45, 2.75) is 19.2 Å². The maximum atomic E-state index is 13.3. The van der Waals surface area contributed by atoms with E-state index in [0.717, 1.165) is 29.9 Å². The molecule has 32 heavy (non-hydrogen) atoms. The Morgan fingerprint density at radius 2 is 2.06 bits per heavy atom. The van der Waals surface area contributed by atoms with Gasteiger partial charge >= 0.3 is 0 Å². The van der Waals surface area contributed by atoms with Gasteiger partial charge in [-0.05, 0) is 47.9 Å². The van der Waals surface area contributed by atoms with Gasteiger partial charge in [-0.25, -0.2) is 9.37 Å². The van der Waals surface area contributed by atoms with E-state index in [1.54, 1.807) is 36.8 Å². The molecule has 1 aliphatic heterocycles. The molecule has 1 unspecified atom stereocenters. The van der Waals surface area contributed by atoms with Crippen molar-refractivity contribution in [2.75, 3.05) is 31.1 Å². The minimum absolute atomic E-state index is 0.137. The molecular formula is C24H26FN5O2. The number of carbonyl (C=O) groups excluding carboxylic acids is 1. The first-order valence-corrected chi connectivity index (χ1v) is 10.6. The average Bonchev–Trinajstić information content (AvgIpc) is 2.84. The van der Waals surface area contributed by atoms with Crippen molar-refractivity contribution < 1.29 is 13.9 Å². The number of rotatable bonds is 8. The van der Waals surface area contributed by atoms with Crippen LogP contribution < -0.4 is 15.5 Å². The first kappa shape index (κ1) is 21.9. The summed E-state index contributed by atoms with van der Waals surface area (Å²) in [6.07, 6.45) is 5.60. The molecule has 166 valence electrons. The highest BCUT2D eigenvalue weighted by atomic mass is 19.1. The van der Waals surface area contributed by atoms with Crippen molar-refractivity contribution in [2.24, 2.45) is 0 Å². The van der Waals surface area contributed by atoms with Crippen LogP contribution in [-0.4, -0.2) is 48.3 Å². The lowest BCUT2D eigenvalue weighted by atomic mass is 10.1.